The van der Waals surface area contributed by atoms with Crippen molar-refractivity contribution in [2.45, 2.75) is 26.2 Å². The lowest BCUT2D eigenvalue weighted by Gasteiger charge is -2.07. The van der Waals surface area contributed by atoms with Crippen LogP contribution in [0.1, 0.15) is 24.0 Å². The van der Waals surface area contributed by atoms with Gasteiger partial charge in [0.2, 0.25) is 5.91 Å². The van der Waals surface area contributed by atoms with Crippen LogP contribution < -0.4 is 5.32 Å². The van der Waals surface area contributed by atoms with E-state index in [-0.39, 0.29) is 24.7 Å². The summed E-state index contributed by atoms with van der Waals surface area (Å²) in [5.74, 6) is -0.474. The molecule has 0 atom stereocenters. The number of hydrogen-bond donors (Lipinski definition) is 1. The molecule has 0 aliphatic rings. The highest BCUT2D eigenvalue weighted by atomic mass is 16.5. The number of aryl methyl sites for hydroxylation is 1. The van der Waals surface area contributed by atoms with E-state index in [4.69, 9.17) is 0 Å². The Hall–Kier alpha value is -1.84. The Morgan fingerprint density at radius 3 is 2.61 bits per heavy atom. The molecule has 1 aromatic carbocycles. The quantitative estimate of drug-likeness (QED) is 0.779. The Kier molecular flexibility index (Phi) is 5.91. The number of carbonyl (C=O) groups excluding carboxylic acids is 2. The fourth-order valence-electron chi connectivity index (χ4n) is 1.63. The van der Waals surface area contributed by atoms with E-state index in [1.807, 2.05) is 12.1 Å². The molecule has 1 N–H and O–H groups in total. The first-order valence-electron chi connectivity index (χ1n) is 6.01. The van der Waals surface area contributed by atoms with E-state index in [1.54, 1.807) is 0 Å². The highest BCUT2D eigenvalue weighted by molar-refractivity contribution is 5.81. The smallest absolute Gasteiger partial charge is 0.306 e. The fraction of sp³-hybridized carbons (Fsp3) is 0.429. The first-order chi connectivity index (χ1) is 8.63. The second-order valence-corrected chi connectivity index (χ2v) is 4.10. The first-order valence-corrected chi connectivity index (χ1v) is 6.01. The number of benzene rings is 1. The van der Waals surface area contributed by atoms with Crippen LogP contribution in [-0.2, 0) is 20.7 Å². The van der Waals surface area contributed by atoms with Crippen LogP contribution in [0.2, 0.25) is 0 Å². The van der Waals surface area contributed by atoms with Crippen molar-refractivity contribution in [3.05, 3.63) is 35.4 Å². The lowest BCUT2D eigenvalue weighted by atomic mass is 10.1. The molecule has 1 aromatic rings. The van der Waals surface area contributed by atoms with Gasteiger partial charge in [-0.2, -0.15) is 0 Å². The zero-order valence-corrected chi connectivity index (χ0v) is 10.9. The Labute approximate surface area is 107 Å². The van der Waals surface area contributed by atoms with Gasteiger partial charge in [0, 0.05) is 13.0 Å². The maximum absolute atomic E-state index is 11.4. The lowest BCUT2D eigenvalue weighted by molar-refractivity contribution is -0.142. The van der Waals surface area contributed by atoms with Crippen molar-refractivity contribution in [2.75, 3.05) is 13.7 Å². The van der Waals surface area contributed by atoms with Gasteiger partial charge in [0.05, 0.1) is 13.5 Å². The van der Waals surface area contributed by atoms with E-state index in [0.29, 0.717) is 6.54 Å². The molecule has 0 aliphatic heterocycles. The monoisotopic (exact) mass is 249 g/mol. The Bertz CT molecular complexity index is 415. The van der Waals surface area contributed by atoms with Crippen LogP contribution in [0.4, 0.5) is 0 Å². The standard InChI is InChI=1S/C14H19NO3/c1-11-5-3-4-6-12(11)9-10-15-13(16)7-8-14(17)18-2/h3-6H,7-10H2,1-2H3,(H,15,16). The third-order valence-corrected chi connectivity index (χ3v) is 2.76. The van der Waals surface area contributed by atoms with Gasteiger partial charge < -0.3 is 10.1 Å². The van der Waals surface area contributed by atoms with E-state index in [2.05, 4.69) is 29.1 Å². The summed E-state index contributed by atoms with van der Waals surface area (Å²) in [4.78, 5) is 22.3. The summed E-state index contributed by atoms with van der Waals surface area (Å²) in [5.41, 5.74) is 2.45. The van der Waals surface area contributed by atoms with Gasteiger partial charge in [-0.1, -0.05) is 24.3 Å². The van der Waals surface area contributed by atoms with E-state index in [9.17, 15) is 9.59 Å². The molecule has 0 fully saturated rings. The van der Waals surface area contributed by atoms with Gasteiger partial charge in [0.25, 0.3) is 0 Å². The molecule has 0 unspecified atom stereocenters. The van der Waals surface area contributed by atoms with Crippen molar-refractivity contribution in [2.24, 2.45) is 0 Å². The highest BCUT2D eigenvalue weighted by Gasteiger charge is 2.06. The number of rotatable bonds is 6. The van der Waals surface area contributed by atoms with Crippen molar-refractivity contribution < 1.29 is 14.3 Å². The zero-order chi connectivity index (χ0) is 13.4. The molecule has 18 heavy (non-hydrogen) atoms. The molecule has 0 saturated heterocycles. The molecule has 1 amide bonds. The average molecular weight is 249 g/mol. The molecule has 0 aromatic heterocycles. The maximum Gasteiger partial charge on any atom is 0.306 e. The molecular weight excluding hydrogens is 230 g/mol. The van der Waals surface area contributed by atoms with Crippen LogP contribution in [0, 0.1) is 6.92 Å². The number of nitrogens with one attached hydrogen (secondary N) is 1. The predicted octanol–water partition coefficient (Wildman–Crippen LogP) is 1.61. The van der Waals surface area contributed by atoms with Crippen molar-refractivity contribution in [3.63, 3.8) is 0 Å². The molecule has 0 radical (unpaired) electrons. The fourth-order valence-corrected chi connectivity index (χ4v) is 1.63. The number of hydrogen-bond acceptors (Lipinski definition) is 3. The second-order valence-electron chi connectivity index (χ2n) is 4.10. The Balaban J connectivity index is 2.24. The molecule has 1 rings (SSSR count). The second kappa shape index (κ2) is 7.48. The molecule has 4 nitrogen and oxygen atoms in total. The topological polar surface area (TPSA) is 55.4 Å². The lowest BCUT2D eigenvalue weighted by Crippen LogP contribution is -2.26. The zero-order valence-electron chi connectivity index (χ0n) is 10.9. The normalized spacial score (nSPS) is 9.89. The summed E-state index contributed by atoms with van der Waals surface area (Å²) < 4.78 is 4.47. The summed E-state index contributed by atoms with van der Waals surface area (Å²) >= 11 is 0. The number of carbonyl (C=O) groups is 2. The van der Waals surface area contributed by atoms with E-state index < -0.39 is 0 Å². The Morgan fingerprint density at radius 2 is 1.94 bits per heavy atom. The van der Waals surface area contributed by atoms with E-state index in [0.717, 1.165) is 6.42 Å². The van der Waals surface area contributed by atoms with Gasteiger partial charge in [0.1, 0.15) is 0 Å². The minimum atomic E-state index is -0.357. The molecule has 0 aliphatic carbocycles. The van der Waals surface area contributed by atoms with Gasteiger partial charge in [-0.3, -0.25) is 9.59 Å². The maximum atomic E-state index is 11.4. The molecule has 0 bridgehead atoms. The van der Waals surface area contributed by atoms with Gasteiger partial charge >= 0.3 is 5.97 Å². The van der Waals surface area contributed by atoms with E-state index >= 15 is 0 Å². The largest absolute Gasteiger partial charge is 0.469 e. The number of esters is 1. The van der Waals surface area contributed by atoms with Crippen LogP contribution in [0.3, 0.4) is 0 Å². The molecular formula is C14H19NO3. The van der Waals surface area contributed by atoms with Crippen LogP contribution in [-0.4, -0.2) is 25.5 Å². The van der Waals surface area contributed by atoms with Crippen LogP contribution in [0.15, 0.2) is 24.3 Å². The minimum absolute atomic E-state index is 0.117. The van der Waals surface area contributed by atoms with Gasteiger partial charge in [-0.15, -0.1) is 0 Å². The van der Waals surface area contributed by atoms with Gasteiger partial charge in [0.15, 0.2) is 0 Å². The number of amides is 1. The molecule has 0 spiro atoms. The molecule has 0 saturated carbocycles. The highest BCUT2D eigenvalue weighted by Crippen LogP contribution is 2.06. The van der Waals surface area contributed by atoms with Crippen molar-refractivity contribution in [1.82, 2.24) is 5.32 Å². The summed E-state index contributed by atoms with van der Waals surface area (Å²) in [6, 6.07) is 8.08. The summed E-state index contributed by atoms with van der Waals surface area (Å²) in [7, 11) is 1.32. The van der Waals surface area contributed by atoms with E-state index in [1.165, 1.54) is 18.2 Å². The minimum Gasteiger partial charge on any atom is -0.469 e. The van der Waals surface area contributed by atoms with Crippen LogP contribution in [0.25, 0.3) is 0 Å². The third-order valence-electron chi connectivity index (χ3n) is 2.76. The summed E-state index contributed by atoms with van der Waals surface area (Å²) in [6.45, 7) is 2.64. The molecule has 0 heterocycles. The summed E-state index contributed by atoms with van der Waals surface area (Å²) in [6.07, 6.45) is 1.11. The summed E-state index contributed by atoms with van der Waals surface area (Å²) in [5, 5.41) is 2.79. The average Bonchev–Trinajstić information content (AvgIpc) is 2.38. The number of ether oxygens (including phenoxy) is 1. The molecule has 4 heteroatoms. The first kappa shape index (κ1) is 14.2. The van der Waals surface area contributed by atoms with Crippen molar-refractivity contribution in [1.29, 1.82) is 0 Å². The SMILES string of the molecule is COC(=O)CCC(=O)NCCc1ccccc1C. The predicted molar refractivity (Wildman–Crippen MR) is 69.1 cm³/mol. The third kappa shape index (κ3) is 4.99. The van der Waals surface area contributed by atoms with Crippen molar-refractivity contribution >= 4 is 11.9 Å². The van der Waals surface area contributed by atoms with Crippen LogP contribution in [0.5, 0.6) is 0 Å². The van der Waals surface area contributed by atoms with Crippen LogP contribution >= 0.6 is 0 Å². The van der Waals surface area contributed by atoms with Crippen molar-refractivity contribution in [3.8, 4) is 0 Å². The van der Waals surface area contributed by atoms with Gasteiger partial charge in [-0.05, 0) is 24.5 Å². The Morgan fingerprint density at radius 1 is 1.22 bits per heavy atom. The number of methoxy groups -OCH3 is 1. The molecule has 98 valence electrons. The van der Waals surface area contributed by atoms with Gasteiger partial charge in [-0.25, -0.2) is 0 Å².